The van der Waals surface area contributed by atoms with Gasteiger partial charge < -0.3 is 9.47 Å². The van der Waals surface area contributed by atoms with Crippen LogP contribution < -0.4 is 0 Å². The summed E-state index contributed by atoms with van der Waals surface area (Å²) < 4.78 is 11.6. The van der Waals surface area contributed by atoms with E-state index >= 15 is 0 Å². The molecule has 0 aliphatic carbocycles. The van der Waals surface area contributed by atoms with Gasteiger partial charge >= 0.3 is 0 Å². The van der Waals surface area contributed by atoms with Crippen molar-refractivity contribution in [2.24, 2.45) is 0 Å². The minimum atomic E-state index is -0.271. The molecular formula is C16H22N2O2. The minimum absolute atomic E-state index is 0. The van der Waals surface area contributed by atoms with Crippen molar-refractivity contribution < 1.29 is 9.47 Å². The Bertz CT molecular complexity index is 406. The van der Waals surface area contributed by atoms with Crippen molar-refractivity contribution in [1.29, 1.82) is 0 Å². The van der Waals surface area contributed by atoms with E-state index in [1.165, 1.54) is 0 Å². The van der Waals surface area contributed by atoms with Crippen LogP contribution in [0.4, 0.5) is 0 Å². The fourth-order valence-corrected chi connectivity index (χ4v) is 2.41. The van der Waals surface area contributed by atoms with Gasteiger partial charge in [0.2, 0.25) is 0 Å². The van der Waals surface area contributed by atoms with E-state index in [1.54, 1.807) is 6.20 Å². The van der Waals surface area contributed by atoms with E-state index in [9.17, 15) is 0 Å². The van der Waals surface area contributed by atoms with Crippen molar-refractivity contribution in [1.82, 2.24) is 9.88 Å². The van der Waals surface area contributed by atoms with Crippen LogP contribution in [0.25, 0.3) is 0 Å². The zero-order valence-corrected chi connectivity index (χ0v) is 11.8. The zero-order valence-electron chi connectivity index (χ0n) is 11.8. The van der Waals surface area contributed by atoms with E-state index in [4.69, 9.17) is 9.47 Å². The summed E-state index contributed by atoms with van der Waals surface area (Å²) in [6.45, 7) is 10.6. The first-order valence-corrected chi connectivity index (χ1v) is 6.95. The summed E-state index contributed by atoms with van der Waals surface area (Å²) in [6, 6.07) is 3.99. The van der Waals surface area contributed by atoms with Crippen LogP contribution in [0.2, 0.25) is 0 Å². The van der Waals surface area contributed by atoms with Gasteiger partial charge in [0.25, 0.3) is 0 Å². The Labute approximate surface area is 120 Å². The van der Waals surface area contributed by atoms with Crippen molar-refractivity contribution in [3.8, 4) is 0 Å². The fraction of sp³-hybridized carbons (Fsp3) is 0.438. The molecule has 0 bridgehead atoms. The average Bonchev–Trinajstić information content (AvgIpc) is 2.50. The van der Waals surface area contributed by atoms with Gasteiger partial charge in [0.05, 0.1) is 19.3 Å². The van der Waals surface area contributed by atoms with Crippen molar-refractivity contribution in [3.05, 3.63) is 55.4 Å². The molecule has 20 heavy (non-hydrogen) atoms. The van der Waals surface area contributed by atoms with Crippen LogP contribution >= 0.6 is 0 Å². The van der Waals surface area contributed by atoms with Crippen LogP contribution in [0.5, 0.6) is 0 Å². The maximum Gasteiger partial charge on any atom is 0.177 e. The fourth-order valence-electron chi connectivity index (χ4n) is 2.41. The molecule has 1 aliphatic heterocycles. The van der Waals surface area contributed by atoms with Crippen LogP contribution in [0.1, 0.15) is 18.0 Å². The third kappa shape index (κ3) is 3.76. The second-order valence-corrected chi connectivity index (χ2v) is 4.73. The normalized spacial score (nSPS) is 17.9. The van der Waals surface area contributed by atoms with E-state index in [0.29, 0.717) is 0 Å². The summed E-state index contributed by atoms with van der Waals surface area (Å²) in [5, 5.41) is 0. The largest absolute Gasteiger partial charge is 0.351 e. The molecule has 0 amide bonds. The molecule has 1 aliphatic rings. The van der Waals surface area contributed by atoms with Gasteiger partial charge in [-0.1, -0.05) is 18.2 Å². The van der Waals surface area contributed by atoms with Gasteiger partial charge in [-0.3, -0.25) is 9.88 Å². The first kappa shape index (κ1) is 14.9. The Morgan fingerprint density at radius 1 is 1.30 bits per heavy atom. The molecule has 0 N–H and O–H groups in total. The van der Waals surface area contributed by atoms with Gasteiger partial charge in [0.1, 0.15) is 0 Å². The van der Waals surface area contributed by atoms with Gasteiger partial charge in [-0.05, 0) is 18.1 Å². The molecule has 1 aromatic heterocycles. The standard InChI is InChI=1S/C16H22N2O2/c1-3-9-18(10-4-2)15(14-7-5-8-17-13-14)16-19-11-6-12-20-16/h3-5,7-8,13,15-16H,1-2,6,9-12H2. The molecule has 0 radical (unpaired) electrons. The Kier molecular flexibility index (Phi) is 5.92. The van der Waals surface area contributed by atoms with E-state index in [0.717, 1.165) is 38.3 Å². The molecule has 0 saturated carbocycles. The smallest absolute Gasteiger partial charge is 0.177 e. The predicted molar refractivity (Wildman–Crippen MR) is 79.3 cm³/mol. The van der Waals surface area contributed by atoms with Crippen LogP contribution in [-0.4, -0.2) is 42.5 Å². The summed E-state index contributed by atoms with van der Waals surface area (Å²) >= 11 is 0. The van der Waals surface area contributed by atoms with Crippen LogP contribution in [0, 0.1) is 0 Å². The summed E-state index contributed by atoms with van der Waals surface area (Å²) in [4.78, 5) is 6.44. The van der Waals surface area contributed by atoms with Gasteiger partial charge in [-0.2, -0.15) is 0 Å². The second-order valence-electron chi connectivity index (χ2n) is 4.73. The summed E-state index contributed by atoms with van der Waals surface area (Å²) in [5.74, 6) is 0. The lowest BCUT2D eigenvalue weighted by atomic mass is 10.1. The molecular weight excluding hydrogens is 252 g/mol. The number of nitrogens with zero attached hydrogens (tertiary/aromatic N) is 2. The molecule has 1 saturated heterocycles. The highest BCUT2D eigenvalue weighted by Crippen LogP contribution is 2.28. The average molecular weight is 274 g/mol. The molecule has 1 unspecified atom stereocenters. The Morgan fingerprint density at radius 3 is 2.55 bits per heavy atom. The van der Waals surface area contributed by atoms with Crippen molar-refractivity contribution in [3.63, 3.8) is 0 Å². The molecule has 1 fully saturated rings. The van der Waals surface area contributed by atoms with E-state index < -0.39 is 0 Å². The number of ether oxygens (including phenoxy) is 2. The maximum absolute atomic E-state index is 5.81. The molecule has 4 nitrogen and oxygen atoms in total. The summed E-state index contributed by atoms with van der Waals surface area (Å²) in [6.07, 6.45) is 8.08. The quantitative estimate of drug-likeness (QED) is 0.716. The first-order chi connectivity index (χ1) is 9.86. The molecule has 108 valence electrons. The van der Waals surface area contributed by atoms with Crippen LogP contribution in [-0.2, 0) is 9.47 Å². The molecule has 1 atom stereocenters. The van der Waals surface area contributed by atoms with Gasteiger partial charge in [0.15, 0.2) is 6.29 Å². The second kappa shape index (κ2) is 7.94. The van der Waals surface area contributed by atoms with Crippen LogP contribution in [0.3, 0.4) is 0 Å². The topological polar surface area (TPSA) is 34.6 Å². The molecule has 0 spiro atoms. The lowest BCUT2D eigenvalue weighted by Crippen LogP contribution is -2.41. The Balaban J connectivity index is 2.25. The van der Waals surface area contributed by atoms with Crippen molar-refractivity contribution >= 4 is 0 Å². The maximum atomic E-state index is 5.81. The molecule has 2 heterocycles. The third-order valence-corrected chi connectivity index (χ3v) is 3.26. The van der Waals surface area contributed by atoms with E-state index in [2.05, 4.69) is 29.1 Å². The van der Waals surface area contributed by atoms with E-state index in [-0.39, 0.29) is 12.3 Å². The number of aromatic nitrogens is 1. The first-order valence-electron chi connectivity index (χ1n) is 6.95. The Hall–Kier alpha value is -1.49. The third-order valence-electron chi connectivity index (χ3n) is 3.26. The van der Waals surface area contributed by atoms with Crippen molar-refractivity contribution in [2.75, 3.05) is 26.3 Å². The molecule has 2 rings (SSSR count). The lowest BCUT2D eigenvalue weighted by molar-refractivity contribution is -0.210. The SMILES string of the molecule is C=CCN(CC=C)C(c1cccnc1)C1OCCCO1. The molecule has 0 aromatic carbocycles. The summed E-state index contributed by atoms with van der Waals surface area (Å²) in [5.41, 5.74) is 1.09. The number of pyridine rings is 1. The number of hydrogen-bond donors (Lipinski definition) is 0. The van der Waals surface area contributed by atoms with Crippen molar-refractivity contribution in [2.45, 2.75) is 18.8 Å². The van der Waals surface area contributed by atoms with Gasteiger partial charge in [-0.15, -0.1) is 13.2 Å². The number of hydrogen-bond acceptors (Lipinski definition) is 4. The highest BCUT2D eigenvalue weighted by Gasteiger charge is 2.31. The number of rotatable bonds is 7. The molecule has 1 aromatic rings. The molecule has 4 heteroatoms. The van der Waals surface area contributed by atoms with Crippen LogP contribution in [0.15, 0.2) is 49.8 Å². The lowest BCUT2D eigenvalue weighted by Gasteiger charge is -2.37. The summed E-state index contributed by atoms with van der Waals surface area (Å²) in [7, 11) is 0. The zero-order chi connectivity index (χ0) is 14.2. The minimum Gasteiger partial charge on any atom is -0.351 e. The monoisotopic (exact) mass is 274 g/mol. The highest BCUT2D eigenvalue weighted by atomic mass is 16.7. The van der Waals surface area contributed by atoms with Gasteiger partial charge in [0, 0.05) is 25.5 Å². The highest BCUT2D eigenvalue weighted by molar-refractivity contribution is 5.16. The van der Waals surface area contributed by atoms with E-state index in [1.807, 2.05) is 24.4 Å². The van der Waals surface area contributed by atoms with Gasteiger partial charge in [-0.25, -0.2) is 0 Å². The predicted octanol–water partition coefficient (Wildman–Crippen LogP) is 2.56. The Morgan fingerprint density at radius 2 is 2.00 bits per heavy atom.